The molecule has 8 heteroatoms. The summed E-state index contributed by atoms with van der Waals surface area (Å²) in [6, 6.07) is 11.0. The number of ether oxygens (including phenoxy) is 1. The highest BCUT2D eigenvalue weighted by Crippen LogP contribution is 2.16. The van der Waals surface area contributed by atoms with Gasteiger partial charge in [0.25, 0.3) is 5.91 Å². The van der Waals surface area contributed by atoms with Crippen LogP contribution in [0.1, 0.15) is 15.9 Å². The Balaban J connectivity index is 1.52. The van der Waals surface area contributed by atoms with Crippen molar-refractivity contribution in [1.82, 2.24) is 15.3 Å². The zero-order valence-corrected chi connectivity index (χ0v) is 15.1. The molecule has 0 aliphatic rings. The third-order valence-corrected chi connectivity index (χ3v) is 3.95. The minimum absolute atomic E-state index is 0.167. The molecule has 2 N–H and O–H groups in total. The number of methoxy groups -OCH3 is 1. The third-order valence-electron chi connectivity index (χ3n) is 3.95. The molecule has 0 radical (unpaired) electrons. The van der Waals surface area contributed by atoms with E-state index in [0.29, 0.717) is 24.2 Å². The zero-order chi connectivity index (χ0) is 19.9. The van der Waals surface area contributed by atoms with Crippen molar-refractivity contribution in [1.29, 1.82) is 0 Å². The highest BCUT2D eigenvalue weighted by molar-refractivity contribution is 5.93. The van der Waals surface area contributed by atoms with Gasteiger partial charge in [0, 0.05) is 30.7 Å². The molecule has 0 saturated carbocycles. The lowest BCUT2D eigenvalue weighted by molar-refractivity contribution is 0.0953. The van der Waals surface area contributed by atoms with Gasteiger partial charge in [0.05, 0.1) is 12.7 Å². The number of nitrogens with zero attached hydrogens (tertiary/aromatic N) is 2. The number of nitrogens with one attached hydrogen (secondary N) is 2. The fourth-order valence-electron chi connectivity index (χ4n) is 2.43. The van der Waals surface area contributed by atoms with Gasteiger partial charge in [-0.25, -0.2) is 18.7 Å². The number of hydrogen-bond donors (Lipinski definition) is 2. The van der Waals surface area contributed by atoms with Crippen molar-refractivity contribution in [2.45, 2.75) is 6.42 Å². The van der Waals surface area contributed by atoms with Gasteiger partial charge in [0.1, 0.15) is 5.75 Å². The maximum Gasteiger partial charge on any atom is 0.254 e. The van der Waals surface area contributed by atoms with Crippen LogP contribution in [0.2, 0.25) is 0 Å². The first-order chi connectivity index (χ1) is 13.5. The van der Waals surface area contributed by atoms with E-state index < -0.39 is 11.6 Å². The summed E-state index contributed by atoms with van der Waals surface area (Å²) in [5.41, 5.74) is 1.67. The largest absolute Gasteiger partial charge is 0.497 e. The van der Waals surface area contributed by atoms with Crippen LogP contribution in [0.3, 0.4) is 0 Å². The summed E-state index contributed by atoms with van der Waals surface area (Å²) < 4.78 is 31.3. The third kappa shape index (κ3) is 5.00. The Morgan fingerprint density at radius 3 is 2.39 bits per heavy atom. The fourth-order valence-corrected chi connectivity index (χ4v) is 2.43. The van der Waals surface area contributed by atoms with E-state index in [9.17, 15) is 13.6 Å². The minimum Gasteiger partial charge on any atom is -0.497 e. The molecule has 2 aromatic carbocycles. The molecule has 0 aliphatic carbocycles. The standard InChI is InChI=1S/C20H18F2N4O2/c1-28-16-5-2-13(3-6-16)8-9-23-19(27)14-11-24-20(25-12-14)26-15-4-7-17(21)18(22)10-15/h2-7,10-12H,8-9H2,1H3,(H,23,27)(H,24,25,26). The second kappa shape index (κ2) is 8.90. The van der Waals surface area contributed by atoms with E-state index in [1.54, 1.807) is 7.11 Å². The van der Waals surface area contributed by atoms with Crippen LogP contribution >= 0.6 is 0 Å². The Labute approximate surface area is 160 Å². The van der Waals surface area contributed by atoms with Gasteiger partial charge in [-0.3, -0.25) is 4.79 Å². The van der Waals surface area contributed by atoms with Crippen LogP contribution in [0.15, 0.2) is 54.9 Å². The minimum atomic E-state index is -0.974. The molecule has 0 fully saturated rings. The van der Waals surface area contributed by atoms with Crippen molar-refractivity contribution in [3.8, 4) is 5.75 Å². The average molecular weight is 384 g/mol. The van der Waals surface area contributed by atoms with Gasteiger partial charge in [-0.05, 0) is 36.2 Å². The van der Waals surface area contributed by atoms with Gasteiger partial charge < -0.3 is 15.4 Å². The van der Waals surface area contributed by atoms with Crippen LogP contribution in [0, 0.1) is 11.6 Å². The number of aromatic nitrogens is 2. The Bertz CT molecular complexity index is 947. The molecule has 144 valence electrons. The van der Waals surface area contributed by atoms with E-state index in [2.05, 4.69) is 20.6 Å². The first kappa shape index (κ1) is 19.2. The molecule has 3 rings (SSSR count). The van der Waals surface area contributed by atoms with Crippen molar-refractivity contribution in [2.75, 3.05) is 19.0 Å². The smallest absolute Gasteiger partial charge is 0.254 e. The summed E-state index contributed by atoms with van der Waals surface area (Å²) in [5, 5.41) is 5.54. The van der Waals surface area contributed by atoms with Crippen molar-refractivity contribution in [2.24, 2.45) is 0 Å². The predicted octanol–water partition coefficient (Wildman–Crippen LogP) is 3.48. The highest BCUT2D eigenvalue weighted by Gasteiger charge is 2.08. The van der Waals surface area contributed by atoms with E-state index in [4.69, 9.17) is 4.74 Å². The van der Waals surface area contributed by atoms with Gasteiger partial charge in [0.15, 0.2) is 11.6 Å². The number of halogens is 2. The second-order valence-electron chi connectivity index (χ2n) is 5.90. The molecule has 28 heavy (non-hydrogen) atoms. The van der Waals surface area contributed by atoms with E-state index in [1.807, 2.05) is 24.3 Å². The van der Waals surface area contributed by atoms with Crippen molar-refractivity contribution in [3.63, 3.8) is 0 Å². The summed E-state index contributed by atoms with van der Waals surface area (Å²) >= 11 is 0. The molecule has 3 aromatic rings. The molecular formula is C20H18F2N4O2. The van der Waals surface area contributed by atoms with Crippen LogP contribution < -0.4 is 15.4 Å². The lowest BCUT2D eigenvalue weighted by Crippen LogP contribution is -2.26. The molecular weight excluding hydrogens is 366 g/mol. The Hall–Kier alpha value is -3.55. The van der Waals surface area contributed by atoms with Crippen LogP contribution in [0.4, 0.5) is 20.4 Å². The Morgan fingerprint density at radius 1 is 1.04 bits per heavy atom. The van der Waals surface area contributed by atoms with Gasteiger partial charge in [0.2, 0.25) is 5.95 Å². The molecule has 1 heterocycles. The predicted molar refractivity (Wildman–Crippen MR) is 101 cm³/mol. The van der Waals surface area contributed by atoms with Crippen molar-refractivity contribution < 1.29 is 18.3 Å². The van der Waals surface area contributed by atoms with Gasteiger partial charge >= 0.3 is 0 Å². The van der Waals surface area contributed by atoms with Gasteiger partial charge in [-0.2, -0.15) is 0 Å². The normalized spacial score (nSPS) is 10.4. The fraction of sp³-hybridized carbons (Fsp3) is 0.150. The van der Waals surface area contributed by atoms with Crippen LogP contribution in [0.25, 0.3) is 0 Å². The number of benzene rings is 2. The van der Waals surface area contributed by atoms with Crippen LogP contribution in [-0.2, 0) is 6.42 Å². The lowest BCUT2D eigenvalue weighted by atomic mass is 10.1. The average Bonchev–Trinajstić information content (AvgIpc) is 2.72. The molecule has 0 aliphatic heterocycles. The maximum atomic E-state index is 13.2. The number of anilines is 2. The van der Waals surface area contributed by atoms with E-state index >= 15 is 0 Å². The molecule has 0 spiro atoms. The summed E-state index contributed by atoms with van der Waals surface area (Å²) in [4.78, 5) is 20.2. The van der Waals surface area contributed by atoms with Crippen molar-refractivity contribution >= 4 is 17.5 Å². The van der Waals surface area contributed by atoms with E-state index in [0.717, 1.165) is 23.4 Å². The summed E-state index contributed by atoms with van der Waals surface area (Å²) in [6.07, 6.45) is 3.39. The Kier molecular flexibility index (Phi) is 6.11. The van der Waals surface area contributed by atoms with Gasteiger partial charge in [-0.1, -0.05) is 12.1 Å². The number of amides is 1. The van der Waals surface area contributed by atoms with Crippen LogP contribution in [0.5, 0.6) is 5.75 Å². The first-order valence-corrected chi connectivity index (χ1v) is 8.50. The van der Waals surface area contributed by atoms with Gasteiger partial charge in [-0.15, -0.1) is 0 Å². The first-order valence-electron chi connectivity index (χ1n) is 8.50. The summed E-state index contributed by atoms with van der Waals surface area (Å²) in [5.74, 6) is -1.26. The monoisotopic (exact) mass is 384 g/mol. The molecule has 1 aromatic heterocycles. The SMILES string of the molecule is COc1ccc(CCNC(=O)c2cnc(Nc3ccc(F)c(F)c3)nc2)cc1. The molecule has 0 unspecified atom stereocenters. The summed E-state index contributed by atoms with van der Waals surface area (Å²) in [6.45, 7) is 0.458. The maximum absolute atomic E-state index is 13.2. The molecule has 0 bridgehead atoms. The van der Waals surface area contributed by atoms with Crippen molar-refractivity contribution in [3.05, 3.63) is 77.6 Å². The number of carbonyl (C=O) groups is 1. The molecule has 0 atom stereocenters. The zero-order valence-electron chi connectivity index (χ0n) is 15.1. The van der Waals surface area contributed by atoms with E-state index in [-0.39, 0.29) is 11.9 Å². The second-order valence-corrected chi connectivity index (χ2v) is 5.90. The number of carbonyl (C=O) groups excluding carboxylic acids is 1. The van der Waals surface area contributed by atoms with E-state index in [1.165, 1.54) is 18.5 Å². The quantitative estimate of drug-likeness (QED) is 0.652. The highest BCUT2D eigenvalue weighted by atomic mass is 19.2. The molecule has 0 saturated heterocycles. The number of rotatable bonds is 7. The Morgan fingerprint density at radius 2 is 1.75 bits per heavy atom. The topological polar surface area (TPSA) is 76.1 Å². The summed E-state index contributed by atoms with van der Waals surface area (Å²) in [7, 11) is 1.61. The number of hydrogen-bond acceptors (Lipinski definition) is 5. The molecule has 1 amide bonds. The molecule has 6 nitrogen and oxygen atoms in total. The lowest BCUT2D eigenvalue weighted by Gasteiger charge is -2.07. The van der Waals surface area contributed by atoms with Crippen LogP contribution in [-0.4, -0.2) is 29.5 Å².